The molecule has 180 valence electrons. The van der Waals surface area contributed by atoms with Crippen LogP contribution in [-0.2, 0) is 6.54 Å². The Kier molecular flexibility index (Phi) is 5.10. The minimum atomic E-state index is 0.602. The fraction of sp³-hybridized carbons (Fsp3) is 0.121. The lowest BCUT2D eigenvalue weighted by molar-refractivity contribution is 0.418. The van der Waals surface area contributed by atoms with Crippen molar-refractivity contribution in [2.24, 2.45) is 4.99 Å². The standard InChI is InChI=1S/C33H23N5/c34-19-22-13-15-30-27(17-22)28-18-23(20-35)14-16-31(28)38(30)33-12-6-11-32(36-33)37-21-24-7-4-5-8-25(24)26-9-2-1-3-10-29(26)37/h1-5,7-8,10-11,13-18H,6,9,12,21H2. The number of fused-ring (bicyclic) bond motifs is 5. The molecule has 0 radical (unpaired) electrons. The lowest BCUT2D eigenvalue weighted by Crippen LogP contribution is -2.28. The molecule has 3 heterocycles. The number of hydrogen-bond acceptors (Lipinski definition) is 4. The Balaban J connectivity index is 1.40. The number of rotatable bonds is 1. The van der Waals surface area contributed by atoms with Crippen molar-refractivity contribution in [1.82, 2.24) is 9.47 Å². The first-order chi connectivity index (χ1) is 18.7. The summed E-state index contributed by atoms with van der Waals surface area (Å²) >= 11 is 0. The average Bonchev–Trinajstić information content (AvgIpc) is 3.10. The van der Waals surface area contributed by atoms with Crippen molar-refractivity contribution in [3.8, 4) is 12.1 Å². The summed E-state index contributed by atoms with van der Waals surface area (Å²) in [5.41, 5.74) is 8.35. The summed E-state index contributed by atoms with van der Waals surface area (Å²) < 4.78 is 2.21. The first kappa shape index (κ1) is 22.1. The molecular weight excluding hydrogens is 466 g/mol. The molecule has 2 aliphatic heterocycles. The highest BCUT2D eigenvalue weighted by molar-refractivity contribution is 6.15. The molecule has 4 aromatic rings. The fourth-order valence-corrected chi connectivity index (χ4v) is 5.87. The minimum absolute atomic E-state index is 0.602. The fourth-order valence-electron chi connectivity index (χ4n) is 5.87. The van der Waals surface area contributed by atoms with Gasteiger partial charge in [-0.15, -0.1) is 0 Å². The molecule has 0 spiro atoms. The number of hydrogen-bond donors (Lipinski definition) is 0. The Hall–Kier alpha value is -5.13. The first-order valence-electron chi connectivity index (χ1n) is 12.8. The molecule has 1 aromatic heterocycles. The Morgan fingerprint density at radius 2 is 1.58 bits per heavy atom. The maximum absolute atomic E-state index is 9.53. The van der Waals surface area contributed by atoms with Crippen molar-refractivity contribution >= 4 is 33.2 Å². The van der Waals surface area contributed by atoms with Gasteiger partial charge in [-0.25, -0.2) is 4.99 Å². The third-order valence-corrected chi connectivity index (χ3v) is 7.59. The highest BCUT2D eigenvalue weighted by atomic mass is 15.3. The maximum atomic E-state index is 9.53. The van der Waals surface area contributed by atoms with E-state index in [9.17, 15) is 10.5 Å². The molecular formula is C33H23N5. The second kappa shape index (κ2) is 8.76. The van der Waals surface area contributed by atoms with E-state index in [4.69, 9.17) is 4.99 Å². The number of nitrogens with zero attached hydrogens (tertiary/aromatic N) is 5. The number of aromatic nitrogens is 1. The lowest BCUT2D eigenvalue weighted by atomic mass is 9.91. The Bertz CT molecular complexity index is 1820. The van der Waals surface area contributed by atoms with Gasteiger partial charge in [0, 0.05) is 22.9 Å². The molecule has 0 N–H and O–H groups in total. The summed E-state index contributed by atoms with van der Waals surface area (Å²) in [6.45, 7) is 0.770. The summed E-state index contributed by atoms with van der Waals surface area (Å²) in [6.07, 6.45) is 13.5. The van der Waals surface area contributed by atoms with Gasteiger partial charge in [0.2, 0.25) is 0 Å². The highest BCUT2D eigenvalue weighted by Crippen LogP contribution is 2.39. The van der Waals surface area contributed by atoms with Crippen LogP contribution in [0.25, 0.3) is 27.4 Å². The molecule has 0 fully saturated rings. The van der Waals surface area contributed by atoms with Crippen molar-refractivity contribution < 1.29 is 0 Å². The van der Waals surface area contributed by atoms with Gasteiger partial charge in [-0.1, -0.05) is 42.5 Å². The second-order valence-corrected chi connectivity index (χ2v) is 9.75. The van der Waals surface area contributed by atoms with Gasteiger partial charge in [-0.2, -0.15) is 10.5 Å². The van der Waals surface area contributed by atoms with Crippen LogP contribution in [0.15, 0.2) is 108 Å². The molecule has 1 aliphatic carbocycles. The van der Waals surface area contributed by atoms with E-state index in [0.29, 0.717) is 11.1 Å². The smallest absolute Gasteiger partial charge is 0.131 e. The molecule has 5 heteroatoms. The van der Waals surface area contributed by atoms with Crippen LogP contribution in [0.4, 0.5) is 0 Å². The van der Waals surface area contributed by atoms with Crippen LogP contribution >= 0.6 is 0 Å². The van der Waals surface area contributed by atoms with Gasteiger partial charge in [-0.3, -0.25) is 4.57 Å². The van der Waals surface area contributed by atoms with Crippen molar-refractivity contribution in [2.75, 3.05) is 0 Å². The normalized spacial score (nSPS) is 16.4. The Morgan fingerprint density at radius 3 is 2.32 bits per heavy atom. The maximum Gasteiger partial charge on any atom is 0.131 e. The molecule has 3 aliphatic rings. The van der Waals surface area contributed by atoms with Crippen LogP contribution < -0.4 is 0 Å². The summed E-state index contributed by atoms with van der Waals surface area (Å²) in [4.78, 5) is 7.62. The van der Waals surface area contributed by atoms with Gasteiger partial charge in [-0.05, 0) is 78.1 Å². The zero-order chi connectivity index (χ0) is 25.6. The van der Waals surface area contributed by atoms with E-state index in [1.807, 2.05) is 36.4 Å². The van der Waals surface area contributed by atoms with Crippen molar-refractivity contribution in [1.29, 1.82) is 10.5 Å². The molecule has 5 nitrogen and oxygen atoms in total. The van der Waals surface area contributed by atoms with Gasteiger partial charge >= 0.3 is 0 Å². The third-order valence-electron chi connectivity index (χ3n) is 7.59. The SMILES string of the molecule is N#Cc1ccc2c(c1)c1cc(C#N)ccc1n2C1=NC(N2Cc3ccccc3C3=C2C=CC=CC3)=CCC1. The number of benzene rings is 3. The third kappa shape index (κ3) is 3.41. The molecule has 7 rings (SSSR count). The van der Waals surface area contributed by atoms with Gasteiger partial charge in [0.05, 0.1) is 40.8 Å². The Labute approximate surface area is 220 Å². The van der Waals surface area contributed by atoms with E-state index in [-0.39, 0.29) is 0 Å². The van der Waals surface area contributed by atoms with E-state index < -0.39 is 0 Å². The van der Waals surface area contributed by atoms with Crippen molar-refractivity contribution in [3.05, 3.63) is 125 Å². The van der Waals surface area contributed by atoms with Crippen LogP contribution in [-0.4, -0.2) is 15.3 Å². The predicted octanol–water partition coefficient (Wildman–Crippen LogP) is 7.16. The molecule has 0 bridgehead atoms. The van der Waals surface area contributed by atoms with Crippen LogP contribution in [0.3, 0.4) is 0 Å². The number of nitriles is 2. The molecule has 0 atom stereocenters. The van der Waals surface area contributed by atoms with E-state index in [2.05, 4.69) is 76.3 Å². The highest BCUT2D eigenvalue weighted by Gasteiger charge is 2.27. The van der Waals surface area contributed by atoms with Crippen LogP contribution in [0, 0.1) is 22.7 Å². The zero-order valence-corrected chi connectivity index (χ0v) is 20.7. The summed E-state index contributed by atoms with van der Waals surface area (Å²) in [6, 6.07) is 24.7. The molecule has 38 heavy (non-hydrogen) atoms. The first-order valence-corrected chi connectivity index (χ1v) is 12.8. The Morgan fingerprint density at radius 1 is 0.842 bits per heavy atom. The predicted molar refractivity (Wildman–Crippen MR) is 151 cm³/mol. The number of allylic oxidation sites excluding steroid dienone is 6. The van der Waals surface area contributed by atoms with E-state index in [1.54, 1.807) is 0 Å². The molecule has 0 saturated carbocycles. The molecule has 3 aromatic carbocycles. The summed E-state index contributed by atoms with van der Waals surface area (Å²) in [5.74, 6) is 1.92. The van der Waals surface area contributed by atoms with Crippen molar-refractivity contribution in [2.45, 2.75) is 25.8 Å². The van der Waals surface area contributed by atoms with E-state index in [0.717, 1.165) is 59.3 Å². The monoisotopic (exact) mass is 489 g/mol. The summed E-state index contributed by atoms with van der Waals surface area (Å²) in [7, 11) is 0. The van der Waals surface area contributed by atoms with Crippen LogP contribution in [0.2, 0.25) is 0 Å². The molecule has 0 saturated heterocycles. The van der Waals surface area contributed by atoms with Gasteiger partial charge in [0.15, 0.2) is 0 Å². The van der Waals surface area contributed by atoms with Gasteiger partial charge in [0.1, 0.15) is 11.7 Å². The largest absolute Gasteiger partial charge is 0.322 e. The topological polar surface area (TPSA) is 68.1 Å². The number of aliphatic imine (C=N–C) groups is 1. The second-order valence-electron chi connectivity index (χ2n) is 9.75. The molecule has 0 unspecified atom stereocenters. The average molecular weight is 490 g/mol. The minimum Gasteiger partial charge on any atom is -0.322 e. The summed E-state index contributed by atoms with van der Waals surface area (Å²) in [5, 5.41) is 21.0. The molecule has 0 amide bonds. The van der Waals surface area contributed by atoms with Crippen LogP contribution in [0.5, 0.6) is 0 Å². The van der Waals surface area contributed by atoms with E-state index in [1.165, 1.54) is 22.4 Å². The lowest BCUT2D eigenvalue weighted by Gasteiger charge is -2.35. The van der Waals surface area contributed by atoms with Gasteiger partial charge < -0.3 is 4.90 Å². The van der Waals surface area contributed by atoms with Crippen molar-refractivity contribution in [3.63, 3.8) is 0 Å². The quantitative estimate of drug-likeness (QED) is 0.285. The zero-order valence-electron chi connectivity index (χ0n) is 20.7. The van der Waals surface area contributed by atoms with Crippen LogP contribution in [0.1, 0.15) is 41.5 Å². The van der Waals surface area contributed by atoms with E-state index >= 15 is 0 Å². The van der Waals surface area contributed by atoms with Gasteiger partial charge in [0.25, 0.3) is 0 Å².